The molecule has 0 spiro atoms. The molecule has 0 bridgehead atoms. The van der Waals surface area contributed by atoms with E-state index in [2.05, 4.69) is 10.6 Å². The van der Waals surface area contributed by atoms with Crippen LogP contribution in [-0.2, 0) is 9.53 Å². The van der Waals surface area contributed by atoms with E-state index in [1.807, 2.05) is 0 Å². The Morgan fingerprint density at radius 2 is 1.62 bits per heavy atom. The van der Waals surface area contributed by atoms with E-state index in [9.17, 15) is 27.2 Å². The van der Waals surface area contributed by atoms with Crippen molar-refractivity contribution in [2.45, 2.75) is 18.9 Å². The number of anilines is 1. The molecule has 4 unspecified atom stereocenters. The van der Waals surface area contributed by atoms with Crippen LogP contribution in [0, 0.1) is 41.0 Å². The number of amides is 2. The highest BCUT2D eigenvalue weighted by atomic mass is 19.2. The fourth-order valence-corrected chi connectivity index (χ4v) is 4.15. The number of rotatable bonds is 7. The Bertz CT molecular complexity index is 1030. The van der Waals surface area contributed by atoms with Gasteiger partial charge in [0.15, 0.2) is 29.9 Å². The van der Waals surface area contributed by atoms with Crippen LogP contribution < -0.4 is 15.4 Å². The van der Waals surface area contributed by atoms with E-state index in [1.54, 1.807) is 0 Å². The third-order valence-corrected chi connectivity index (χ3v) is 5.77. The highest BCUT2D eigenvalue weighted by Gasteiger charge is 2.54. The first-order valence-corrected chi connectivity index (χ1v) is 10.1. The molecular formula is C22H20F4N2O4. The van der Waals surface area contributed by atoms with Crippen LogP contribution in [0.25, 0.3) is 0 Å². The van der Waals surface area contributed by atoms with Crippen LogP contribution in [0.15, 0.2) is 36.4 Å². The monoisotopic (exact) mass is 452 g/mol. The Hall–Kier alpha value is -3.30. The topological polar surface area (TPSA) is 76.7 Å². The van der Waals surface area contributed by atoms with E-state index < -0.39 is 29.4 Å². The van der Waals surface area contributed by atoms with Crippen LogP contribution in [0.2, 0.25) is 0 Å². The van der Waals surface area contributed by atoms with Crippen molar-refractivity contribution in [3.05, 3.63) is 59.7 Å². The third kappa shape index (κ3) is 5.12. The van der Waals surface area contributed by atoms with Crippen LogP contribution in [0.1, 0.15) is 12.8 Å². The van der Waals surface area contributed by atoms with Crippen LogP contribution in [-0.4, -0.2) is 31.3 Å². The number of ether oxygens (including phenoxy) is 2. The summed E-state index contributed by atoms with van der Waals surface area (Å²) < 4.78 is 62.7. The summed E-state index contributed by atoms with van der Waals surface area (Å²) in [5.41, 5.74) is 0.0794. The van der Waals surface area contributed by atoms with E-state index >= 15 is 0 Å². The average molecular weight is 452 g/mol. The number of carbonyl (C=O) groups is 2. The summed E-state index contributed by atoms with van der Waals surface area (Å²) in [6.45, 7) is -0.203. The Labute approximate surface area is 180 Å². The molecular weight excluding hydrogens is 432 g/mol. The molecule has 2 aromatic rings. The summed E-state index contributed by atoms with van der Waals surface area (Å²) in [5.74, 6) is -3.82. The van der Waals surface area contributed by atoms with Gasteiger partial charge >= 0.3 is 6.09 Å². The van der Waals surface area contributed by atoms with E-state index in [4.69, 9.17) is 9.47 Å². The SMILES string of the molecule is O=C(COc1ccc(F)c(F)c1)NC1CC(COC(=O)Nc2ccc(F)c(F)c2)C2CC12. The zero-order valence-electron chi connectivity index (χ0n) is 16.7. The van der Waals surface area contributed by atoms with Crippen LogP contribution in [0.3, 0.4) is 0 Å². The fraction of sp³-hybridized carbons (Fsp3) is 0.364. The van der Waals surface area contributed by atoms with Gasteiger partial charge in [-0.1, -0.05) is 0 Å². The number of nitrogens with one attached hydrogen (secondary N) is 2. The molecule has 2 N–H and O–H groups in total. The van der Waals surface area contributed by atoms with Gasteiger partial charge in [0.05, 0.1) is 6.61 Å². The summed E-state index contributed by atoms with van der Waals surface area (Å²) in [6, 6.07) is 5.91. The number of hydrogen-bond acceptors (Lipinski definition) is 4. The van der Waals surface area contributed by atoms with Gasteiger partial charge in [-0.05, 0) is 54.9 Å². The van der Waals surface area contributed by atoms with Crippen molar-refractivity contribution in [2.75, 3.05) is 18.5 Å². The first-order valence-electron chi connectivity index (χ1n) is 10.1. The molecule has 0 aliphatic heterocycles. The standard InChI is InChI=1S/C22H20F4N2O4/c23-16-3-1-12(6-18(16)25)27-22(30)32-9-11-5-20(15-8-14(11)15)28-21(29)10-31-13-2-4-17(24)19(26)7-13/h1-4,6-7,11,14-15,20H,5,8-10H2,(H,27,30)(H,28,29). The summed E-state index contributed by atoms with van der Waals surface area (Å²) >= 11 is 0. The molecule has 2 aliphatic rings. The summed E-state index contributed by atoms with van der Waals surface area (Å²) in [7, 11) is 0. The predicted molar refractivity (Wildman–Crippen MR) is 105 cm³/mol. The summed E-state index contributed by atoms with van der Waals surface area (Å²) in [5, 5.41) is 5.21. The second-order valence-electron chi connectivity index (χ2n) is 7.95. The van der Waals surface area contributed by atoms with Gasteiger partial charge in [-0.2, -0.15) is 0 Å². The van der Waals surface area contributed by atoms with E-state index in [0.29, 0.717) is 12.3 Å². The molecule has 2 aliphatic carbocycles. The quantitative estimate of drug-likeness (QED) is 0.623. The Kier molecular flexibility index (Phi) is 6.20. The lowest BCUT2D eigenvalue weighted by atomic mass is 10.0. The molecule has 2 saturated carbocycles. The second-order valence-corrected chi connectivity index (χ2v) is 7.95. The number of hydrogen-bond donors (Lipinski definition) is 2. The van der Waals surface area contributed by atoms with Crippen LogP contribution in [0.4, 0.5) is 28.0 Å². The number of carbonyl (C=O) groups excluding carboxylic acids is 2. The zero-order valence-corrected chi connectivity index (χ0v) is 16.7. The van der Waals surface area contributed by atoms with Gasteiger partial charge in [0, 0.05) is 23.9 Å². The van der Waals surface area contributed by atoms with Gasteiger partial charge in [-0.25, -0.2) is 22.4 Å². The largest absolute Gasteiger partial charge is 0.484 e. The lowest BCUT2D eigenvalue weighted by Crippen LogP contribution is -2.38. The molecule has 2 aromatic carbocycles. The van der Waals surface area contributed by atoms with Crippen LogP contribution in [0.5, 0.6) is 5.75 Å². The zero-order chi connectivity index (χ0) is 22.8. The van der Waals surface area contributed by atoms with Crippen molar-refractivity contribution >= 4 is 17.7 Å². The average Bonchev–Trinajstić information content (AvgIpc) is 3.48. The molecule has 0 aromatic heterocycles. The Morgan fingerprint density at radius 1 is 0.906 bits per heavy atom. The van der Waals surface area contributed by atoms with Gasteiger partial charge < -0.3 is 14.8 Å². The maximum absolute atomic E-state index is 13.2. The van der Waals surface area contributed by atoms with Crippen molar-refractivity contribution in [3.8, 4) is 5.75 Å². The van der Waals surface area contributed by atoms with Gasteiger partial charge in [-0.15, -0.1) is 0 Å². The first kappa shape index (κ1) is 21.9. The highest BCUT2D eigenvalue weighted by Crippen LogP contribution is 2.55. The molecule has 0 heterocycles. The van der Waals surface area contributed by atoms with Crippen molar-refractivity contribution < 1.29 is 36.6 Å². The molecule has 4 atom stereocenters. The lowest BCUT2D eigenvalue weighted by Gasteiger charge is -2.18. The maximum Gasteiger partial charge on any atom is 0.411 e. The first-order chi connectivity index (χ1) is 15.3. The predicted octanol–water partition coefficient (Wildman–Crippen LogP) is 4.01. The number of halogens is 4. The molecule has 2 amide bonds. The van der Waals surface area contributed by atoms with Crippen molar-refractivity contribution in [2.24, 2.45) is 17.8 Å². The van der Waals surface area contributed by atoms with E-state index in [0.717, 1.165) is 30.7 Å². The van der Waals surface area contributed by atoms with Gasteiger partial charge in [0.25, 0.3) is 5.91 Å². The Balaban J connectivity index is 1.20. The normalized spacial score (nSPS) is 23.2. The number of fused-ring (bicyclic) bond motifs is 1. The van der Waals surface area contributed by atoms with Gasteiger partial charge in [0.2, 0.25) is 0 Å². The van der Waals surface area contributed by atoms with Gasteiger partial charge in [-0.3, -0.25) is 10.1 Å². The molecule has 10 heteroatoms. The van der Waals surface area contributed by atoms with Crippen molar-refractivity contribution in [1.29, 1.82) is 0 Å². The lowest BCUT2D eigenvalue weighted by molar-refractivity contribution is -0.124. The Morgan fingerprint density at radius 3 is 2.34 bits per heavy atom. The molecule has 0 radical (unpaired) electrons. The van der Waals surface area contributed by atoms with E-state index in [-0.39, 0.29) is 48.4 Å². The highest BCUT2D eigenvalue weighted by molar-refractivity contribution is 5.84. The maximum atomic E-state index is 13.2. The third-order valence-electron chi connectivity index (χ3n) is 5.77. The minimum Gasteiger partial charge on any atom is -0.484 e. The summed E-state index contributed by atoms with van der Waals surface area (Å²) in [4.78, 5) is 24.1. The summed E-state index contributed by atoms with van der Waals surface area (Å²) in [6.07, 6.45) is 0.735. The molecule has 6 nitrogen and oxygen atoms in total. The molecule has 2 fully saturated rings. The van der Waals surface area contributed by atoms with Crippen molar-refractivity contribution in [1.82, 2.24) is 5.32 Å². The molecule has 0 saturated heterocycles. The second kappa shape index (κ2) is 9.05. The molecule has 4 rings (SSSR count). The molecule has 170 valence electrons. The minimum atomic E-state index is -1.08. The number of benzene rings is 2. The van der Waals surface area contributed by atoms with E-state index in [1.165, 1.54) is 12.1 Å². The fourth-order valence-electron chi connectivity index (χ4n) is 4.15. The minimum absolute atomic E-state index is 0.0492. The smallest absolute Gasteiger partial charge is 0.411 e. The van der Waals surface area contributed by atoms with Crippen molar-refractivity contribution in [3.63, 3.8) is 0 Å². The molecule has 32 heavy (non-hydrogen) atoms. The van der Waals surface area contributed by atoms with Gasteiger partial charge in [0.1, 0.15) is 5.75 Å². The van der Waals surface area contributed by atoms with Crippen LogP contribution >= 0.6 is 0 Å².